The van der Waals surface area contributed by atoms with Crippen molar-refractivity contribution < 1.29 is 9.53 Å². The Hall–Kier alpha value is -2.43. The highest BCUT2D eigenvalue weighted by Gasteiger charge is 2.19. The van der Waals surface area contributed by atoms with Crippen molar-refractivity contribution in [3.8, 4) is 11.1 Å². The van der Waals surface area contributed by atoms with Crippen LogP contribution in [-0.2, 0) is 11.2 Å². The van der Waals surface area contributed by atoms with E-state index in [9.17, 15) is 4.79 Å². The van der Waals surface area contributed by atoms with Gasteiger partial charge in [-0.25, -0.2) is 0 Å². The number of carbonyl (C=O) groups is 1. The van der Waals surface area contributed by atoms with Gasteiger partial charge in [0.15, 0.2) is 0 Å². The average Bonchev–Trinajstić information content (AvgIpc) is 3.36. The number of carbonyl (C=O) groups excluding carboxylic acids is 1. The minimum absolute atomic E-state index is 0.0567. The van der Waals surface area contributed by atoms with Gasteiger partial charge in [-0.15, -0.1) is 0 Å². The molecule has 2 heterocycles. The second-order valence-electron chi connectivity index (χ2n) is 8.12. The van der Waals surface area contributed by atoms with Crippen LogP contribution in [0.2, 0.25) is 0 Å². The lowest BCUT2D eigenvalue weighted by molar-refractivity contribution is 0.0852. The van der Waals surface area contributed by atoms with Gasteiger partial charge in [0.2, 0.25) is 5.91 Å². The average molecular weight is 391 g/mol. The van der Waals surface area contributed by atoms with E-state index in [2.05, 4.69) is 54.3 Å². The summed E-state index contributed by atoms with van der Waals surface area (Å²) >= 11 is 0. The Morgan fingerprint density at radius 2 is 1.83 bits per heavy atom. The molecule has 1 saturated heterocycles. The summed E-state index contributed by atoms with van der Waals surface area (Å²) in [6.07, 6.45) is 7.99. The molecular formula is C25H30N2O2. The molecule has 1 aromatic heterocycles. The molecule has 0 unspecified atom stereocenters. The lowest BCUT2D eigenvalue weighted by Crippen LogP contribution is -2.28. The number of methoxy groups -OCH3 is 1. The van der Waals surface area contributed by atoms with Crippen molar-refractivity contribution in [3.63, 3.8) is 0 Å². The van der Waals surface area contributed by atoms with Crippen molar-refractivity contribution in [1.82, 2.24) is 9.47 Å². The Labute approximate surface area is 173 Å². The van der Waals surface area contributed by atoms with Crippen LogP contribution in [0.4, 0.5) is 0 Å². The van der Waals surface area contributed by atoms with Crippen molar-refractivity contribution in [2.45, 2.75) is 38.6 Å². The maximum Gasteiger partial charge on any atom is 0.232 e. The lowest BCUT2D eigenvalue weighted by Gasteiger charge is -2.20. The second kappa shape index (κ2) is 8.93. The van der Waals surface area contributed by atoms with Gasteiger partial charge in [-0.05, 0) is 60.9 Å². The number of fused-ring (bicyclic) bond motifs is 1. The van der Waals surface area contributed by atoms with E-state index in [4.69, 9.17) is 4.74 Å². The second-order valence-corrected chi connectivity index (χ2v) is 8.12. The van der Waals surface area contributed by atoms with Gasteiger partial charge < -0.3 is 9.64 Å². The molecule has 0 saturated carbocycles. The number of hydrogen-bond acceptors (Lipinski definition) is 3. The van der Waals surface area contributed by atoms with E-state index in [-0.39, 0.29) is 5.91 Å². The van der Waals surface area contributed by atoms with E-state index >= 15 is 0 Å². The highest BCUT2D eigenvalue weighted by atomic mass is 16.5. The molecule has 4 heteroatoms. The molecule has 29 heavy (non-hydrogen) atoms. The zero-order chi connectivity index (χ0) is 20.2. The molecule has 0 aliphatic carbocycles. The maximum absolute atomic E-state index is 12.2. The third kappa shape index (κ3) is 4.60. The summed E-state index contributed by atoms with van der Waals surface area (Å²) < 4.78 is 6.69. The predicted molar refractivity (Wildman–Crippen MR) is 118 cm³/mol. The first-order chi connectivity index (χ1) is 14.1. The van der Waals surface area contributed by atoms with Crippen molar-refractivity contribution >= 4 is 16.7 Å². The Bertz CT molecular complexity index is 974. The molecule has 0 N–H and O–H groups in total. The molecule has 0 amide bonds. The van der Waals surface area contributed by atoms with Gasteiger partial charge in [0, 0.05) is 37.5 Å². The lowest BCUT2D eigenvalue weighted by atomic mass is 10.0. The quantitative estimate of drug-likeness (QED) is 0.569. The fourth-order valence-electron chi connectivity index (χ4n) is 4.24. The van der Waals surface area contributed by atoms with Crippen molar-refractivity contribution in [2.75, 3.05) is 26.8 Å². The van der Waals surface area contributed by atoms with Crippen LogP contribution in [0.1, 0.15) is 36.5 Å². The fraction of sp³-hybridized carbons (Fsp3) is 0.400. The molecule has 0 bridgehead atoms. The summed E-state index contributed by atoms with van der Waals surface area (Å²) in [7, 11) is 1.62. The van der Waals surface area contributed by atoms with Crippen LogP contribution in [0.25, 0.3) is 21.9 Å². The number of benzene rings is 2. The Morgan fingerprint density at radius 3 is 2.55 bits per heavy atom. The van der Waals surface area contributed by atoms with Crippen LogP contribution >= 0.6 is 0 Å². The van der Waals surface area contributed by atoms with Crippen LogP contribution in [-0.4, -0.2) is 48.2 Å². The van der Waals surface area contributed by atoms with E-state index in [1.54, 1.807) is 11.7 Å². The normalized spacial score (nSPS) is 17.2. The molecule has 1 aliphatic heterocycles. The first-order valence-corrected chi connectivity index (χ1v) is 10.6. The molecular weight excluding hydrogens is 360 g/mol. The zero-order valence-corrected chi connectivity index (χ0v) is 17.4. The molecule has 1 aliphatic rings. The standard InChI is InChI=1S/C25H30N2O2/c1-19-4-3-13-26(19)14-11-20-5-7-21(8-6-20)22-9-10-23-17-27(18-24(23)16-22)25(28)12-15-29-2/h5-10,16-19H,3-4,11-15H2,1-2H3/t19-/m1/s1. The molecule has 3 aromatic rings. The van der Waals surface area contributed by atoms with Crippen molar-refractivity contribution in [1.29, 1.82) is 0 Å². The fourth-order valence-corrected chi connectivity index (χ4v) is 4.24. The Morgan fingerprint density at radius 1 is 1.07 bits per heavy atom. The SMILES string of the molecule is COCCC(=O)n1cc2ccc(-c3ccc(CCN4CCC[C@H]4C)cc3)cc2c1. The third-order valence-electron chi connectivity index (χ3n) is 6.12. The minimum Gasteiger partial charge on any atom is -0.384 e. The van der Waals surface area contributed by atoms with Crippen molar-refractivity contribution in [3.05, 3.63) is 60.4 Å². The van der Waals surface area contributed by atoms with E-state index in [1.165, 1.54) is 36.1 Å². The van der Waals surface area contributed by atoms with Crippen LogP contribution in [0.3, 0.4) is 0 Å². The zero-order valence-electron chi connectivity index (χ0n) is 17.4. The molecule has 4 nitrogen and oxygen atoms in total. The number of aromatic nitrogens is 1. The molecule has 2 aromatic carbocycles. The third-order valence-corrected chi connectivity index (χ3v) is 6.12. The first kappa shape index (κ1) is 19.9. The van der Waals surface area contributed by atoms with Gasteiger partial charge in [-0.2, -0.15) is 0 Å². The molecule has 152 valence electrons. The highest BCUT2D eigenvalue weighted by Crippen LogP contribution is 2.26. The van der Waals surface area contributed by atoms with Crippen molar-refractivity contribution in [2.24, 2.45) is 0 Å². The van der Waals surface area contributed by atoms with E-state index in [1.807, 2.05) is 12.4 Å². The van der Waals surface area contributed by atoms with Crippen LogP contribution in [0.15, 0.2) is 54.9 Å². The predicted octanol–water partition coefficient (Wildman–Crippen LogP) is 5.01. The van der Waals surface area contributed by atoms with Gasteiger partial charge >= 0.3 is 0 Å². The maximum atomic E-state index is 12.2. The minimum atomic E-state index is 0.0567. The van der Waals surface area contributed by atoms with E-state index < -0.39 is 0 Å². The molecule has 4 rings (SSSR count). The van der Waals surface area contributed by atoms with Gasteiger partial charge in [0.1, 0.15) is 0 Å². The summed E-state index contributed by atoms with van der Waals surface area (Å²) in [6.45, 7) is 5.18. The Balaban J connectivity index is 1.45. The smallest absolute Gasteiger partial charge is 0.232 e. The number of ether oxygens (including phenoxy) is 1. The van der Waals surface area contributed by atoms with Crippen LogP contribution < -0.4 is 0 Å². The van der Waals surface area contributed by atoms with Gasteiger partial charge in [-0.1, -0.05) is 36.4 Å². The number of hydrogen-bond donors (Lipinski definition) is 0. The number of nitrogens with zero attached hydrogens (tertiary/aromatic N) is 2. The van der Waals surface area contributed by atoms with Gasteiger partial charge in [-0.3, -0.25) is 9.36 Å². The monoisotopic (exact) mass is 390 g/mol. The van der Waals surface area contributed by atoms with Crippen LogP contribution in [0.5, 0.6) is 0 Å². The summed E-state index contributed by atoms with van der Waals surface area (Å²) in [6, 6.07) is 16.0. The molecule has 1 fully saturated rings. The largest absolute Gasteiger partial charge is 0.384 e. The van der Waals surface area contributed by atoms with Gasteiger partial charge in [0.25, 0.3) is 0 Å². The summed E-state index contributed by atoms with van der Waals surface area (Å²) in [5.74, 6) is 0.0567. The summed E-state index contributed by atoms with van der Waals surface area (Å²) in [4.78, 5) is 14.8. The molecule has 1 atom stereocenters. The first-order valence-electron chi connectivity index (χ1n) is 10.6. The van der Waals surface area contributed by atoms with E-state index in [0.717, 1.165) is 29.8 Å². The summed E-state index contributed by atoms with van der Waals surface area (Å²) in [5, 5.41) is 2.16. The van der Waals surface area contributed by atoms with Crippen LogP contribution in [0, 0.1) is 0 Å². The number of rotatable bonds is 7. The van der Waals surface area contributed by atoms with E-state index in [0.29, 0.717) is 13.0 Å². The number of likely N-dealkylation sites (tertiary alicyclic amines) is 1. The molecule has 0 spiro atoms. The molecule has 0 radical (unpaired) electrons. The topological polar surface area (TPSA) is 34.5 Å². The highest BCUT2D eigenvalue weighted by molar-refractivity contribution is 5.91. The van der Waals surface area contributed by atoms with Gasteiger partial charge in [0.05, 0.1) is 13.0 Å². The summed E-state index contributed by atoms with van der Waals surface area (Å²) in [5.41, 5.74) is 3.78. The Kier molecular flexibility index (Phi) is 6.12.